The summed E-state index contributed by atoms with van der Waals surface area (Å²) in [6.45, 7) is 13.9. The fourth-order valence-corrected chi connectivity index (χ4v) is 2.09. The van der Waals surface area contributed by atoms with Crippen LogP contribution in [0.25, 0.3) is 0 Å². The van der Waals surface area contributed by atoms with Gasteiger partial charge in [-0.2, -0.15) is 0 Å². The van der Waals surface area contributed by atoms with Crippen LogP contribution in [0.1, 0.15) is 32.2 Å². The lowest BCUT2D eigenvalue weighted by molar-refractivity contribution is 0.272. The van der Waals surface area contributed by atoms with Gasteiger partial charge in [-0.25, -0.2) is 0 Å². The summed E-state index contributed by atoms with van der Waals surface area (Å²) in [5.41, 5.74) is 2.08. The van der Waals surface area contributed by atoms with E-state index < -0.39 is 8.32 Å². The van der Waals surface area contributed by atoms with Gasteiger partial charge in [-0.15, -0.1) is 0 Å². The molecule has 0 spiro atoms. The second-order valence-electron chi connectivity index (χ2n) is 5.82. The highest BCUT2D eigenvalue weighted by molar-refractivity contribution is 6.74. The molecule has 0 saturated carbocycles. The van der Waals surface area contributed by atoms with E-state index in [0.717, 1.165) is 11.4 Å². The number of pyridine rings is 1. The Bertz CT molecular complexity index is 355. The second-order valence-corrected chi connectivity index (χ2v) is 10.6. The predicted molar refractivity (Wildman–Crippen MR) is 71.0 cm³/mol. The van der Waals surface area contributed by atoms with Gasteiger partial charge in [-0.1, -0.05) is 26.8 Å². The molecule has 1 rings (SSSR count). The molecule has 90 valence electrons. The van der Waals surface area contributed by atoms with Crippen molar-refractivity contribution in [1.82, 2.24) is 4.98 Å². The lowest BCUT2D eigenvalue weighted by Crippen LogP contribution is -2.40. The van der Waals surface area contributed by atoms with Crippen molar-refractivity contribution in [2.45, 2.75) is 52.4 Å². The Morgan fingerprint density at radius 1 is 1.25 bits per heavy atom. The lowest BCUT2D eigenvalue weighted by Gasteiger charge is -2.36. The summed E-state index contributed by atoms with van der Waals surface area (Å²) < 4.78 is 6.11. The zero-order valence-corrected chi connectivity index (χ0v) is 12.3. The summed E-state index contributed by atoms with van der Waals surface area (Å²) in [5, 5.41) is 0.261. The van der Waals surface area contributed by atoms with E-state index in [1.54, 1.807) is 0 Å². The molecule has 0 aliphatic carbocycles. The fraction of sp³-hybridized carbons (Fsp3) is 0.615. The molecule has 0 aliphatic rings. The molecule has 1 heterocycles. The van der Waals surface area contributed by atoms with Gasteiger partial charge in [0, 0.05) is 5.69 Å². The highest BCUT2D eigenvalue weighted by Crippen LogP contribution is 2.36. The Morgan fingerprint density at radius 2 is 1.88 bits per heavy atom. The molecule has 16 heavy (non-hydrogen) atoms. The quantitative estimate of drug-likeness (QED) is 0.744. The van der Waals surface area contributed by atoms with Crippen LogP contribution >= 0.6 is 0 Å². The fourth-order valence-electron chi connectivity index (χ4n) is 1.15. The lowest BCUT2D eigenvalue weighted by atomic mass is 10.2. The van der Waals surface area contributed by atoms with Crippen molar-refractivity contribution in [3.63, 3.8) is 0 Å². The Balaban J connectivity index is 2.65. The topological polar surface area (TPSA) is 22.1 Å². The highest BCUT2D eigenvalue weighted by Gasteiger charge is 2.37. The molecule has 0 amide bonds. The number of hydrogen-bond donors (Lipinski definition) is 0. The monoisotopic (exact) mass is 237 g/mol. The summed E-state index contributed by atoms with van der Waals surface area (Å²) >= 11 is 0. The molecule has 0 fully saturated rings. The van der Waals surface area contributed by atoms with Crippen LogP contribution in [-0.4, -0.2) is 13.3 Å². The van der Waals surface area contributed by atoms with E-state index in [9.17, 15) is 0 Å². The van der Waals surface area contributed by atoms with Crippen LogP contribution in [-0.2, 0) is 11.0 Å². The Morgan fingerprint density at radius 3 is 2.38 bits per heavy atom. The first-order chi connectivity index (χ1) is 7.22. The minimum atomic E-state index is -1.65. The third-order valence-electron chi connectivity index (χ3n) is 3.33. The van der Waals surface area contributed by atoms with Gasteiger partial charge in [0.05, 0.1) is 12.3 Å². The highest BCUT2D eigenvalue weighted by atomic mass is 28.4. The van der Waals surface area contributed by atoms with E-state index in [2.05, 4.69) is 38.8 Å². The van der Waals surface area contributed by atoms with E-state index in [1.165, 1.54) is 0 Å². The number of hydrogen-bond acceptors (Lipinski definition) is 2. The first-order valence-electron chi connectivity index (χ1n) is 5.79. The maximum absolute atomic E-state index is 6.11. The van der Waals surface area contributed by atoms with Gasteiger partial charge >= 0.3 is 0 Å². The van der Waals surface area contributed by atoms with E-state index in [4.69, 9.17) is 4.43 Å². The Kier molecular flexibility index (Phi) is 3.91. The standard InChI is InChI=1S/C13H23NOSi/c1-11-8-7-9-12(14-11)10-15-16(5,6)13(2,3)4/h7-9H,10H2,1-6H3. The summed E-state index contributed by atoms with van der Waals surface area (Å²) in [4.78, 5) is 4.46. The normalized spacial score (nSPS) is 12.9. The van der Waals surface area contributed by atoms with Crippen LogP contribution in [0.3, 0.4) is 0 Å². The van der Waals surface area contributed by atoms with Gasteiger partial charge in [0.25, 0.3) is 0 Å². The molecule has 3 heteroatoms. The molecule has 2 nitrogen and oxygen atoms in total. The zero-order valence-electron chi connectivity index (χ0n) is 11.3. The maximum atomic E-state index is 6.11. The van der Waals surface area contributed by atoms with Crippen molar-refractivity contribution in [1.29, 1.82) is 0 Å². The van der Waals surface area contributed by atoms with Crippen molar-refractivity contribution < 1.29 is 4.43 Å². The van der Waals surface area contributed by atoms with Gasteiger partial charge in [0.1, 0.15) is 0 Å². The number of aryl methyl sites for hydroxylation is 1. The first-order valence-corrected chi connectivity index (χ1v) is 8.70. The van der Waals surface area contributed by atoms with Crippen LogP contribution < -0.4 is 0 Å². The minimum absolute atomic E-state index is 0.261. The Hall–Kier alpha value is -0.673. The van der Waals surface area contributed by atoms with Crippen LogP contribution in [0.4, 0.5) is 0 Å². The van der Waals surface area contributed by atoms with Gasteiger partial charge in [0.15, 0.2) is 8.32 Å². The molecule has 0 atom stereocenters. The van der Waals surface area contributed by atoms with E-state index >= 15 is 0 Å². The summed E-state index contributed by atoms with van der Waals surface area (Å²) in [7, 11) is -1.65. The van der Waals surface area contributed by atoms with Gasteiger partial charge in [-0.3, -0.25) is 4.98 Å². The van der Waals surface area contributed by atoms with E-state index in [1.807, 2.05) is 25.1 Å². The molecule has 0 bridgehead atoms. The second kappa shape index (κ2) is 4.68. The van der Waals surface area contributed by atoms with E-state index in [0.29, 0.717) is 6.61 Å². The van der Waals surface area contributed by atoms with Crippen LogP contribution in [0.2, 0.25) is 18.1 Å². The molecular weight excluding hydrogens is 214 g/mol. The van der Waals surface area contributed by atoms with Crippen molar-refractivity contribution in [3.05, 3.63) is 29.6 Å². The maximum Gasteiger partial charge on any atom is 0.192 e. The molecule has 0 aromatic carbocycles. The molecule has 0 aliphatic heterocycles. The van der Waals surface area contributed by atoms with Gasteiger partial charge in [0.2, 0.25) is 0 Å². The van der Waals surface area contributed by atoms with Gasteiger partial charge in [-0.05, 0) is 37.2 Å². The molecular formula is C13H23NOSi. The van der Waals surface area contributed by atoms with E-state index in [-0.39, 0.29) is 5.04 Å². The summed E-state index contributed by atoms with van der Waals surface area (Å²) in [6, 6.07) is 6.07. The molecule has 0 unspecified atom stereocenters. The van der Waals surface area contributed by atoms with Crippen LogP contribution in [0.15, 0.2) is 18.2 Å². The van der Waals surface area contributed by atoms with Crippen molar-refractivity contribution in [2.75, 3.05) is 0 Å². The zero-order chi connectivity index (χ0) is 12.4. The van der Waals surface area contributed by atoms with Crippen LogP contribution in [0.5, 0.6) is 0 Å². The van der Waals surface area contributed by atoms with Crippen molar-refractivity contribution in [2.24, 2.45) is 0 Å². The molecule has 1 aromatic heterocycles. The van der Waals surface area contributed by atoms with Crippen molar-refractivity contribution in [3.8, 4) is 0 Å². The minimum Gasteiger partial charge on any atom is -0.411 e. The molecule has 0 N–H and O–H groups in total. The SMILES string of the molecule is Cc1cccc(CO[Si](C)(C)C(C)(C)C)n1. The predicted octanol–water partition coefficient (Wildman–Crippen LogP) is 3.91. The third kappa shape index (κ3) is 3.42. The summed E-state index contributed by atoms with van der Waals surface area (Å²) in [5.74, 6) is 0. The smallest absolute Gasteiger partial charge is 0.192 e. The largest absolute Gasteiger partial charge is 0.411 e. The Labute approximate surface area is 100 Å². The summed E-state index contributed by atoms with van der Waals surface area (Å²) in [6.07, 6.45) is 0. The van der Waals surface area contributed by atoms with Crippen molar-refractivity contribution >= 4 is 8.32 Å². The number of rotatable bonds is 3. The molecule has 1 aromatic rings. The third-order valence-corrected chi connectivity index (χ3v) is 7.81. The molecule has 0 saturated heterocycles. The van der Waals surface area contributed by atoms with Crippen LogP contribution in [0, 0.1) is 6.92 Å². The first kappa shape index (κ1) is 13.4. The average Bonchev–Trinajstić information content (AvgIpc) is 2.13. The number of nitrogens with zero attached hydrogens (tertiary/aromatic N) is 1. The van der Waals surface area contributed by atoms with Gasteiger partial charge < -0.3 is 4.43 Å². The molecule has 0 radical (unpaired) electrons. The average molecular weight is 237 g/mol. The number of aromatic nitrogens is 1.